The maximum absolute atomic E-state index is 14.3. The average Bonchev–Trinajstić information content (AvgIpc) is 2.95. The average molecular weight is 606 g/mol. The van der Waals surface area contributed by atoms with Crippen LogP contribution in [0.3, 0.4) is 0 Å². The molecular formula is C32H39N5O5S. The van der Waals surface area contributed by atoms with Gasteiger partial charge in [0.1, 0.15) is 6.61 Å². The lowest BCUT2D eigenvalue weighted by atomic mass is 9.83. The van der Waals surface area contributed by atoms with Crippen molar-refractivity contribution in [3.63, 3.8) is 0 Å². The lowest BCUT2D eigenvalue weighted by Crippen LogP contribution is -2.51. The largest absolute Gasteiger partial charge is 0.475 e. The lowest BCUT2D eigenvalue weighted by molar-refractivity contribution is -0.123. The molecule has 1 saturated carbocycles. The van der Waals surface area contributed by atoms with Crippen molar-refractivity contribution < 1.29 is 22.7 Å². The van der Waals surface area contributed by atoms with Crippen molar-refractivity contribution in [1.82, 2.24) is 14.9 Å². The third-order valence-electron chi connectivity index (χ3n) is 8.34. The van der Waals surface area contributed by atoms with Crippen molar-refractivity contribution in [3.05, 3.63) is 65.2 Å². The standard InChI is InChI=1S/C32H39N5O5S/c1-19(2)15-25-18-42-28-17-27(29-20(3)7-5-8-21(29)4)34-32(35-28)36-43(40,41)26-10-6-9-23(16-26)31(39)37(25)24-13-11-22(12-14-24)30(33)38/h5-10,16-17,19,22,24-25H,11-15,18H2,1-4H3,(H2,33,38)(H,34,35,36)/t22?,24?,25-/m1/s1. The number of nitrogens with zero attached hydrogens (tertiary/aromatic N) is 3. The van der Waals surface area contributed by atoms with Gasteiger partial charge in [0.25, 0.3) is 15.9 Å². The van der Waals surface area contributed by atoms with Crippen molar-refractivity contribution in [2.75, 3.05) is 11.3 Å². The van der Waals surface area contributed by atoms with Crippen LogP contribution in [0.4, 0.5) is 5.95 Å². The van der Waals surface area contributed by atoms with Crippen molar-refractivity contribution in [2.45, 2.75) is 76.8 Å². The van der Waals surface area contributed by atoms with E-state index in [-0.39, 0.29) is 64.6 Å². The van der Waals surface area contributed by atoms with E-state index < -0.39 is 10.0 Å². The smallest absolute Gasteiger partial charge is 0.264 e. The number of carbonyl (C=O) groups excluding carboxylic acids is 2. The molecule has 2 heterocycles. The Balaban J connectivity index is 1.64. The minimum absolute atomic E-state index is 0.0704. The van der Waals surface area contributed by atoms with E-state index in [1.807, 2.05) is 36.9 Å². The molecule has 3 N–H and O–H groups in total. The van der Waals surface area contributed by atoms with E-state index in [1.165, 1.54) is 12.1 Å². The summed E-state index contributed by atoms with van der Waals surface area (Å²) in [5.74, 6) is -0.489. The molecule has 5 rings (SSSR count). The van der Waals surface area contributed by atoms with Gasteiger partial charge >= 0.3 is 0 Å². The number of rotatable bonds is 5. The van der Waals surface area contributed by atoms with Gasteiger partial charge < -0.3 is 15.4 Å². The molecule has 3 aromatic rings. The first-order chi connectivity index (χ1) is 20.4. The number of anilines is 1. The number of nitrogens with one attached hydrogen (secondary N) is 1. The topological polar surface area (TPSA) is 145 Å². The monoisotopic (exact) mass is 605 g/mol. The van der Waals surface area contributed by atoms with E-state index in [9.17, 15) is 18.0 Å². The summed E-state index contributed by atoms with van der Waals surface area (Å²) >= 11 is 0. The predicted octanol–water partition coefficient (Wildman–Crippen LogP) is 4.85. The molecule has 43 heavy (non-hydrogen) atoms. The van der Waals surface area contributed by atoms with Crippen molar-refractivity contribution in [1.29, 1.82) is 0 Å². The van der Waals surface area contributed by atoms with Crippen LogP contribution in [0.15, 0.2) is 53.4 Å². The number of benzene rings is 2. The number of amides is 2. The highest BCUT2D eigenvalue weighted by molar-refractivity contribution is 7.92. The van der Waals surface area contributed by atoms with Crippen LogP contribution in [-0.2, 0) is 14.8 Å². The number of primary amides is 1. The zero-order chi connectivity index (χ0) is 30.9. The fourth-order valence-electron chi connectivity index (χ4n) is 6.27. The summed E-state index contributed by atoms with van der Waals surface area (Å²) in [4.78, 5) is 36.9. The van der Waals surface area contributed by atoms with Crippen LogP contribution in [0.1, 0.15) is 67.4 Å². The molecule has 1 aliphatic carbocycles. The molecule has 0 saturated heterocycles. The number of ether oxygens (including phenoxy) is 1. The summed E-state index contributed by atoms with van der Waals surface area (Å²) in [6.45, 7) is 8.27. The Morgan fingerprint density at radius 1 is 1.05 bits per heavy atom. The molecule has 0 unspecified atom stereocenters. The molecule has 1 aromatic heterocycles. The molecule has 10 nitrogen and oxygen atoms in total. The Morgan fingerprint density at radius 2 is 1.72 bits per heavy atom. The molecule has 2 amide bonds. The first kappa shape index (κ1) is 30.5. The van der Waals surface area contributed by atoms with Gasteiger partial charge in [0.2, 0.25) is 17.7 Å². The number of nitrogens with two attached hydrogens (primary N) is 1. The molecule has 1 atom stereocenters. The summed E-state index contributed by atoms with van der Waals surface area (Å²) in [5.41, 5.74) is 9.20. The van der Waals surface area contributed by atoms with E-state index >= 15 is 0 Å². The van der Waals surface area contributed by atoms with Crippen molar-refractivity contribution >= 4 is 27.8 Å². The lowest BCUT2D eigenvalue weighted by Gasteiger charge is -2.41. The van der Waals surface area contributed by atoms with Crippen LogP contribution < -0.4 is 15.2 Å². The number of hydrogen-bond acceptors (Lipinski definition) is 7. The van der Waals surface area contributed by atoms with Gasteiger partial charge in [-0.25, -0.2) is 18.1 Å². The van der Waals surface area contributed by atoms with E-state index in [2.05, 4.69) is 28.5 Å². The third kappa shape index (κ3) is 6.66. The second-order valence-corrected chi connectivity index (χ2v) is 13.7. The minimum atomic E-state index is -4.15. The molecule has 11 heteroatoms. The van der Waals surface area contributed by atoms with Crippen LogP contribution >= 0.6 is 0 Å². The van der Waals surface area contributed by atoms with Crippen molar-refractivity contribution in [3.8, 4) is 17.1 Å². The summed E-state index contributed by atoms with van der Waals surface area (Å²) in [7, 11) is -4.15. The number of fused-ring (bicyclic) bond motifs is 4. The van der Waals surface area contributed by atoms with Crippen LogP contribution in [0.25, 0.3) is 11.3 Å². The Bertz CT molecular complexity index is 1610. The van der Waals surface area contributed by atoms with Gasteiger partial charge in [-0.15, -0.1) is 0 Å². The first-order valence-corrected chi connectivity index (χ1v) is 16.2. The molecular weight excluding hydrogens is 566 g/mol. The van der Waals surface area contributed by atoms with Gasteiger partial charge in [0.05, 0.1) is 16.6 Å². The van der Waals surface area contributed by atoms with Crippen LogP contribution in [0.2, 0.25) is 0 Å². The highest BCUT2D eigenvalue weighted by atomic mass is 32.2. The van der Waals surface area contributed by atoms with E-state index in [1.54, 1.807) is 18.2 Å². The summed E-state index contributed by atoms with van der Waals surface area (Å²) in [6, 6.07) is 13.2. The molecule has 0 spiro atoms. The molecule has 1 aliphatic heterocycles. The van der Waals surface area contributed by atoms with E-state index in [4.69, 9.17) is 10.5 Å². The van der Waals surface area contributed by atoms with Gasteiger partial charge in [-0.3, -0.25) is 9.59 Å². The Hall–Kier alpha value is -3.99. The third-order valence-corrected chi connectivity index (χ3v) is 9.67. The number of carbonyl (C=O) groups is 2. The SMILES string of the molecule is Cc1cccc(C)c1-c1cc2nc(n1)NS(=O)(=O)c1cccc(c1)C(=O)N(C1CCC(C(N)=O)CC1)[C@H](CC(C)C)CO2. The molecule has 2 aromatic carbocycles. The van der Waals surface area contributed by atoms with Crippen LogP contribution in [0.5, 0.6) is 5.88 Å². The number of hydrogen-bond donors (Lipinski definition) is 2. The maximum atomic E-state index is 14.3. The molecule has 1 fully saturated rings. The molecule has 4 bridgehead atoms. The second-order valence-electron chi connectivity index (χ2n) is 12.0. The molecule has 0 radical (unpaired) electrons. The Labute approximate surface area is 253 Å². The van der Waals surface area contributed by atoms with Crippen LogP contribution in [0, 0.1) is 25.7 Å². The minimum Gasteiger partial charge on any atom is -0.475 e. The first-order valence-electron chi connectivity index (χ1n) is 14.8. The Kier molecular flexibility index (Phi) is 8.73. The molecule has 2 aliphatic rings. The summed E-state index contributed by atoms with van der Waals surface area (Å²) in [6.07, 6.45) is 3.06. The van der Waals surface area contributed by atoms with Gasteiger partial charge in [0.15, 0.2) is 0 Å². The quantitative estimate of drug-likeness (QED) is 0.423. The Morgan fingerprint density at radius 3 is 2.37 bits per heavy atom. The number of aryl methyl sites for hydroxylation is 2. The summed E-state index contributed by atoms with van der Waals surface area (Å²) < 4.78 is 35.9. The number of sulfonamides is 1. The number of aromatic nitrogens is 2. The van der Waals surface area contributed by atoms with Crippen LogP contribution in [-0.4, -0.2) is 53.8 Å². The summed E-state index contributed by atoms with van der Waals surface area (Å²) in [5, 5.41) is 0. The highest BCUT2D eigenvalue weighted by Gasteiger charge is 2.36. The van der Waals surface area contributed by atoms with E-state index in [0.29, 0.717) is 37.8 Å². The predicted molar refractivity (Wildman–Crippen MR) is 164 cm³/mol. The van der Waals surface area contributed by atoms with Gasteiger partial charge in [-0.2, -0.15) is 4.98 Å². The zero-order valence-corrected chi connectivity index (χ0v) is 25.9. The normalized spacial score (nSPS) is 22.0. The van der Waals surface area contributed by atoms with E-state index in [0.717, 1.165) is 16.7 Å². The fourth-order valence-corrected chi connectivity index (χ4v) is 7.26. The zero-order valence-electron chi connectivity index (χ0n) is 25.0. The van der Waals surface area contributed by atoms with Crippen molar-refractivity contribution in [2.24, 2.45) is 17.6 Å². The maximum Gasteiger partial charge on any atom is 0.264 e. The highest BCUT2D eigenvalue weighted by Crippen LogP contribution is 2.33. The van der Waals surface area contributed by atoms with Gasteiger partial charge in [-0.05, 0) is 81.2 Å². The van der Waals surface area contributed by atoms with Gasteiger partial charge in [-0.1, -0.05) is 38.1 Å². The van der Waals surface area contributed by atoms with Gasteiger partial charge in [0, 0.05) is 29.2 Å². The fraction of sp³-hybridized carbons (Fsp3) is 0.438. The second kappa shape index (κ2) is 12.3. The molecule has 228 valence electrons.